The van der Waals surface area contributed by atoms with Gasteiger partial charge < -0.3 is 4.42 Å². The molecule has 0 atom stereocenters. The predicted molar refractivity (Wildman–Crippen MR) is 69.2 cm³/mol. The number of Topliss-reactive ketones (excluding diaryl/α,β-unsaturated/α-hetero) is 2. The van der Waals surface area contributed by atoms with Crippen LogP contribution in [0.15, 0.2) is 16.1 Å². The molecular formula is C15H18O3. The molecule has 1 aromatic heterocycles. The molecule has 1 saturated carbocycles. The van der Waals surface area contributed by atoms with E-state index in [9.17, 15) is 9.59 Å². The van der Waals surface area contributed by atoms with Gasteiger partial charge in [-0.2, -0.15) is 0 Å². The van der Waals surface area contributed by atoms with Crippen LogP contribution in [0.2, 0.25) is 0 Å². The molecule has 0 unspecified atom stereocenters. The van der Waals surface area contributed by atoms with E-state index in [0.717, 1.165) is 11.3 Å². The number of hydrogen-bond donors (Lipinski definition) is 0. The molecule has 1 aromatic rings. The molecule has 0 radical (unpaired) electrons. The molecule has 1 aliphatic carbocycles. The predicted octanol–water partition coefficient (Wildman–Crippen LogP) is 3.24. The Hall–Kier alpha value is -1.64. The smallest absolute Gasteiger partial charge is 0.167 e. The van der Waals surface area contributed by atoms with Crippen molar-refractivity contribution in [2.45, 2.75) is 40.5 Å². The summed E-state index contributed by atoms with van der Waals surface area (Å²) in [5.41, 5.74) is 1.08. The second kappa shape index (κ2) is 4.23. The van der Waals surface area contributed by atoms with Gasteiger partial charge in [-0.05, 0) is 37.0 Å². The molecule has 0 N–H and O–H groups in total. The van der Waals surface area contributed by atoms with Gasteiger partial charge in [0.2, 0.25) is 0 Å². The number of carbonyl (C=O) groups excluding carboxylic acids is 2. The summed E-state index contributed by atoms with van der Waals surface area (Å²) in [4.78, 5) is 24.0. The van der Waals surface area contributed by atoms with Gasteiger partial charge in [0.25, 0.3) is 0 Å². The summed E-state index contributed by atoms with van der Waals surface area (Å²) in [6, 6.07) is 1.85. The molecule has 2 rings (SSSR count). The molecule has 3 heteroatoms. The van der Waals surface area contributed by atoms with Gasteiger partial charge in [-0.15, -0.1) is 0 Å². The zero-order valence-corrected chi connectivity index (χ0v) is 11.3. The van der Waals surface area contributed by atoms with Crippen LogP contribution < -0.4 is 0 Å². The lowest BCUT2D eigenvalue weighted by Gasteiger charge is -2.28. The summed E-state index contributed by atoms with van der Waals surface area (Å²) in [6.45, 7) is 7.70. The Balaban J connectivity index is 2.33. The highest BCUT2D eigenvalue weighted by molar-refractivity contribution is 6.25. The maximum Gasteiger partial charge on any atom is 0.167 e. The molecule has 1 heterocycles. The van der Waals surface area contributed by atoms with Gasteiger partial charge >= 0.3 is 0 Å². The molecule has 0 aliphatic heterocycles. The van der Waals surface area contributed by atoms with E-state index in [1.165, 1.54) is 0 Å². The van der Waals surface area contributed by atoms with Crippen molar-refractivity contribution in [2.24, 2.45) is 5.41 Å². The van der Waals surface area contributed by atoms with Gasteiger partial charge in [0, 0.05) is 12.8 Å². The summed E-state index contributed by atoms with van der Waals surface area (Å²) >= 11 is 0. The van der Waals surface area contributed by atoms with E-state index < -0.39 is 0 Å². The zero-order chi connectivity index (χ0) is 13.5. The van der Waals surface area contributed by atoms with Crippen LogP contribution in [0.5, 0.6) is 0 Å². The number of ketones is 2. The maximum absolute atomic E-state index is 12.0. The number of hydrogen-bond acceptors (Lipinski definition) is 3. The van der Waals surface area contributed by atoms with Crippen molar-refractivity contribution in [3.63, 3.8) is 0 Å². The van der Waals surface area contributed by atoms with E-state index in [1.54, 1.807) is 6.08 Å². The summed E-state index contributed by atoms with van der Waals surface area (Å²) < 4.78 is 5.48. The summed E-state index contributed by atoms with van der Waals surface area (Å²) in [7, 11) is 0. The average Bonchev–Trinajstić information content (AvgIpc) is 2.51. The summed E-state index contributed by atoms with van der Waals surface area (Å²) in [5, 5.41) is 0. The minimum absolute atomic E-state index is 0.0806. The van der Waals surface area contributed by atoms with Crippen LogP contribution in [0.25, 0.3) is 6.08 Å². The lowest BCUT2D eigenvalue weighted by Crippen LogP contribution is -2.31. The van der Waals surface area contributed by atoms with Crippen molar-refractivity contribution < 1.29 is 14.0 Å². The van der Waals surface area contributed by atoms with Gasteiger partial charge in [0.15, 0.2) is 11.6 Å². The van der Waals surface area contributed by atoms with Crippen LogP contribution in [0.4, 0.5) is 0 Å². The largest absolute Gasteiger partial charge is 0.462 e. The quantitative estimate of drug-likeness (QED) is 0.564. The van der Waals surface area contributed by atoms with Crippen LogP contribution in [-0.2, 0) is 9.59 Å². The molecule has 1 fully saturated rings. The van der Waals surface area contributed by atoms with Gasteiger partial charge in [0.1, 0.15) is 11.5 Å². The Morgan fingerprint density at radius 1 is 1.17 bits per heavy atom. The SMILES string of the molecule is Cc1cc(C=C2C(=O)CC(C)(C)CC2=O)oc1C. The monoisotopic (exact) mass is 246 g/mol. The summed E-state index contributed by atoms with van der Waals surface area (Å²) in [5.74, 6) is 1.24. The van der Waals surface area contributed by atoms with E-state index in [0.29, 0.717) is 18.6 Å². The molecule has 96 valence electrons. The van der Waals surface area contributed by atoms with Gasteiger partial charge in [-0.1, -0.05) is 13.8 Å². The van der Waals surface area contributed by atoms with Gasteiger partial charge in [0.05, 0.1) is 5.57 Å². The highest BCUT2D eigenvalue weighted by Gasteiger charge is 2.35. The Kier molecular flexibility index (Phi) is 3.01. The Labute approximate surface area is 107 Å². The average molecular weight is 246 g/mol. The molecule has 0 saturated heterocycles. The molecule has 1 aliphatic rings. The van der Waals surface area contributed by atoms with Gasteiger partial charge in [-0.3, -0.25) is 9.59 Å². The molecule has 0 aromatic carbocycles. The third-order valence-corrected chi connectivity index (χ3v) is 3.35. The highest BCUT2D eigenvalue weighted by atomic mass is 16.3. The van der Waals surface area contributed by atoms with Crippen LogP contribution in [0.3, 0.4) is 0 Å². The van der Waals surface area contributed by atoms with Crippen LogP contribution in [0, 0.1) is 19.3 Å². The molecule has 0 spiro atoms. The van der Waals surface area contributed by atoms with Crippen molar-refractivity contribution in [2.75, 3.05) is 0 Å². The minimum atomic E-state index is -0.222. The third-order valence-electron chi connectivity index (χ3n) is 3.35. The Morgan fingerprint density at radius 3 is 2.17 bits per heavy atom. The van der Waals surface area contributed by atoms with E-state index in [4.69, 9.17) is 4.42 Å². The van der Waals surface area contributed by atoms with Crippen molar-refractivity contribution in [1.82, 2.24) is 0 Å². The van der Waals surface area contributed by atoms with Crippen LogP contribution in [0.1, 0.15) is 43.8 Å². The molecule has 0 bridgehead atoms. The molecule has 3 nitrogen and oxygen atoms in total. The number of aryl methyl sites for hydroxylation is 2. The highest BCUT2D eigenvalue weighted by Crippen LogP contribution is 2.34. The number of allylic oxidation sites excluding steroid dienone is 1. The first kappa shape index (κ1) is 12.8. The van der Waals surface area contributed by atoms with E-state index >= 15 is 0 Å². The molecular weight excluding hydrogens is 228 g/mol. The van der Waals surface area contributed by atoms with Crippen molar-refractivity contribution >= 4 is 17.6 Å². The standard InChI is InChI=1S/C15H18O3/c1-9-5-11(18-10(9)2)6-12-13(16)7-15(3,4)8-14(12)17/h5-6H,7-8H2,1-4H3. The first-order valence-corrected chi connectivity index (χ1v) is 6.14. The third kappa shape index (κ3) is 2.45. The normalized spacial score (nSPS) is 19.2. The van der Waals surface area contributed by atoms with Gasteiger partial charge in [-0.25, -0.2) is 0 Å². The fourth-order valence-corrected chi connectivity index (χ4v) is 2.25. The number of carbonyl (C=O) groups is 2. The second-order valence-electron chi connectivity index (χ2n) is 5.81. The van der Waals surface area contributed by atoms with Crippen molar-refractivity contribution in [3.8, 4) is 0 Å². The molecule has 18 heavy (non-hydrogen) atoms. The van der Waals surface area contributed by atoms with E-state index in [2.05, 4.69) is 0 Å². The minimum Gasteiger partial charge on any atom is -0.462 e. The Morgan fingerprint density at radius 2 is 1.72 bits per heavy atom. The van der Waals surface area contributed by atoms with Crippen LogP contribution >= 0.6 is 0 Å². The first-order chi connectivity index (χ1) is 8.28. The van der Waals surface area contributed by atoms with E-state index in [-0.39, 0.29) is 22.6 Å². The molecule has 0 amide bonds. The second-order valence-corrected chi connectivity index (χ2v) is 5.81. The zero-order valence-electron chi connectivity index (χ0n) is 11.3. The first-order valence-electron chi connectivity index (χ1n) is 6.14. The lowest BCUT2D eigenvalue weighted by molar-refractivity contribution is -0.127. The number of furan rings is 1. The maximum atomic E-state index is 12.0. The fourth-order valence-electron chi connectivity index (χ4n) is 2.25. The number of rotatable bonds is 1. The fraction of sp³-hybridized carbons (Fsp3) is 0.467. The Bertz CT molecular complexity index is 503. The van der Waals surface area contributed by atoms with Crippen molar-refractivity contribution in [1.29, 1.82) is 0 Å². The lowest BCUT2D eigenvalue weighted by atomic mass is 9.74. The summed E-state index contributed by atoms with van der Waals surface area (Å²) in [6.07, 6.45) is 2.42. The van der Waals surface area contributed by atoms with Crippen LogP contribution in [-0.4, -0.2) is 11.6 Å². The topological polar surface area (TPSA) is 47.3 Å². The van der Waals surface area contributed by atoms with E-state index in [1.807, 2.05) is 33.8 Å². The van der Waals surface area contributed by atoms with Crippen molar-refractivity contribution in [3.05, 3.63) is 28.7 Å².